The second kappa shape index (κ2) is 8.26. The van der Waals surface area contributed by atoms with Gasteiger partial charge in [0.05, 0.1) is 19.9 Å². The first-order chi connectivity index (χ1) is 13.5. The molecule has 0 atom stereocenters. The van der Waals surface area contributed by atoms with E-state index in [0.717, 1.165) is 6.07 Å². The number of fused-ring (bicyclic) bond motifs is 1. The van der Waals surface area contributed by atoms with Crippen LogP contribution in [0.1, 0.15) is 10.5 Å². The standard InChI is InChI=1S/C20H18N2O6/c1-26-12-7-8-18(27-2)15(9-12)22-19(24)11-28-20(25)16-10-17(23)13-5-3-4-6-14(13)21-16/h3-10H,11H2,1-2H3,(H,21,23)(H,22,24). The number of rotatable bonds is 6. The number of para-hydroxylation sites is 1. The van der Waals surface area contributed by atoms with Crippen molar-refractivity contribution in [1.29, 1.82) is 0 Å². The lowest BCUT2D eigenvalue weighted by atomic mass is 10.2. The maximum atomic E-state index is 12.2. The first-order valence-electron chi connectivity index (χ1n) is 8.33. The van der Waals surface area contributed by atoms with Gasteiger partial charge < -0.3 is 24.5 Å². The molecule has 8 nitrogen and oxygen atoms in total. The van der Waals surface area contributed by atoms with Gasteiger partial charge in [0.2, 0.25) is 0 Å². The monoisotopic (exact) mass is 382 g/mol. The molecule has 0 aliphatic heterocycles. The highest BCUT2D eigenvalue weighted by Gasteiger charge is 2.14. The maximum absolute atomic E-state index is 12.2. The fourth-order valence-corrected chi connectivity index (χ4v) is 2.61. The lowest BCUT2D eigenvalue weighted by Crippen LogP contribution is -2.22. The Balaban J connectivity index is 1.68. The summed E-state index contributed by atoms with van der Waals surface area (Å²) in [6.07, 6.45) is 0. The summed E-state index contributed by atoms with van der Waals surface area (Å²) in [6, 6.07) is 12.8. The second-order valence-corrected chi connectivity index (χ2v) is 5.78. The van der Waals surface area contributed by atoms with Gasteiger partial charge in [-0.3, -0.25) is 9.59 Å². The number of hydrogen-bond donors (Lipinski definition) is 2. The van der Waals surface area contributed by atoms with Crippen molar-refractivity contribution < 1.29 is 23.8 Å². The molecule has 144 valence electrons. The Bertz CT molecular complexity index is 1090. The number of aromatic nitrogens is 1. The number of anilines is 1. The minimum absolute atomic E-state index is 0.0320. The molecule has 0 bridgehead atoms. The minimum atomic E-state index is -0.810. The lowest BCUT2D eigenvalue weighted by molar-refractivity contribution is -0.119. The third kappa shape index (κ3) is 4.12. The average Bonchev–Trinajstić information content (AvgIpc) is 2.71. The van der Waals surface area contributed by atoms with E-state index in [9.17, 15) is 14.4 Å². The highest BCUT2D eigenvalue weighted by atomic mass is 16.5. The maximum Gasteiger partial charge on any atom is 0.355 e. The molecule has 1 aromatic heterocycles. The van der Waals surface area contributed by atoms with Crippen LogP contribution in [0.15, 0.2) is 53.3 Å². The van der Waals surface area contributed by atoms with Crippen molar-refractivity contribution in [3.8, 4) is 11.5 Å². The van der Waals surface area contributed by atoms with Gasteiger partial charge in [-0.2, -0.15) is 0 Å². The number of ether oxygens (including phenoxy) is 3. The molecule has 2 aromatic carbocycles. The van der Waals surface area contributed by atoms with Gasteiger partial charge in [-0.1, -0.05) is 12.1 Å². The number of pyridine rings is 1. The van der Waals surface area contributed by atoms with Gasteiger partial charge in [0, 0.05) is 23.0 Å². The van der Waals surface area contributed by atoms with Gasteiger partial charge in [-0.15, -0.1) is 0 Å². The molecule has 1 heterocycles. The van der Waals surface area contributed by atoms with Gasteiger partial charge in [-0.25, -0.2) is 4.79 Å². The van der Waals surface area contributed by atoms with Crippen LogP contribution in [0, 0.1) is 0 Å². The van der Waals surface area contributed by atoms with Crippen molar-refractivity contribution >= 4 is 28.5 Å². The average molecular weight is 382 g/mol. The third-order valence-corrected chi connectivity index (χ3v) is 3.97. The number of hydrogen-bond acceptors (Lipinski definition) is 6. The van der Waals surface area contributed by atoms with Crippen LogP contribution in [0.5, 0.6) is 11.5 Å². The predicted molar refractivity (Wildman–Crippen MR) is 103 cm³/mol. The summed E-state index contributed by atoms with van der Waals surface area (Å²) in [7, 11) is 2.97. The van der Waals surface area contributed by atoms with Crippen molar-refractivity contribution in [3.05, 3.63) is 64.4 Å². The Kier molecular flexibility index (Phi) is 5.59. The van der Waals surface area contributed by atoms with Crippen LogP contribution < -0.4 is 20.2 Å². The van der Waals surface area contributed by atoms with Crippen LogP contribution in [0.3, 0.4) is 0 Å². The van der Waals surface area contributed by atoms with E-state index in [1.165, 1.54) is 14.2 Å². The Hall–Kier alpha value is -3.81. The van der Waals surface area contributed by atoms with Crippen LogP contribution in [-0.2, 0) is 9.53 Å². The van der Waals surface area contributed by atoms with E-state index in [4.69, 9.17) is 14.2 Å². The molecule has 1 amide bonds. The van der Waals surface area contributed by atoms with Gasteiger partial charge in [0.25, 0.3) is 5.91 Å². The highest BCUT2D eigenvalue weighted by molar-refractivity contribution is 5.96. The Morgan fingerprint density at radius 3 is 2.57 bits per heavy atom. The van der Waals surface area contributed by atoms with E-state index in [1.807, 2.05) is 0 Å². The van der Waals surface area contributed by atoms with Crippen molar-refractivity contribution in [2.75, 3.05) is 26.1 Å². The topological polar surface area (TPSA) is 107 Å². The summed E-state index contributed by atoms with van der Waals surface area (Å²) in [5, 5.41) is 3.05. The normalized spacial score (nSPS) is 10.4. The van der Waals surface area contributed by atoms with Crippen LogP contribution in [0.4, 0.5) is 5.69 Å². The predicted octanol–water partition coefficient (Wildman–Crippen LogP) is 2.34. The number of esters is 1. The van der Waals surface area contributed by atoms with E-state index in [2.05, 4.69) is 10.3 Å². The van der Waals surface area contributed by atoms with Gasteiger partial charge >= 0.3 is 5.97 Å². The van der Waals surface area contributed by atoms with E-state index >= 15 is 0 Å². The Morgan fingerprint density at radius 1 is 1.04 bits per heavy atom. The summed E-state index contributed by atoms with van der Waals surface area (Å²) >= 11 is 0. The molecule has 0 aliphatic rings. The number of H-pyrrole nitrogens is 1. The molecule has 0 radical (unpaired) electrons. The van der Waals surface area contributed by atoms with Crippen LogP contribution in [-0.4, -0.2) is 37.7 Å². The van der Waals surface area contributed by atoms with Crippen molar-refractivity contribution in [3.63, 3.8) is 0 Å². The number of methoxy groups -OCH3 is 2. The Morgan fingerprint density at radius 2 is 1.82 bits per heavy atom. The summed E-state index contributed by atoms with van der Waals surface area (Å²) < 4.78 is 15.3. The molecule has 0 saturated carbocycles. The van der Waals surface area contributed by atoms with E-state index in [0.29, 0.717) is 28.1 Å². The zero-order chi connectivity index (χ0) is 20.1. The minimum Gasteiger partial charge on any atom is -0.497 e. The number of aromatic amines is 1. The molecule has 8 heteroatoms. The molecule has 28 heavy (non-hydrogen) atoms. The SMILES string of the molecule is COc1ccc(OC)c(NC(=O)COC(=O)c2cc(=O)c3ccccc3[nH]2)c1. The number of benzene rings is 2. The largest absolute Gasteiger partial charge is 0.497 e. The van der Waals surface area contributed by atoms with Crippen molar-refractivity contribution in [2.45, 2.75) is 0 Å². The summed E-state index contributed by atoms with van der Waals surface area (Å²) in [5.41, 5.74) is 0.539. The van der Waals surface area contributed by atoms with Gasteiger partial charge in [0.15, 0.2) is 12.0 Å². The first kappa shape index (κ1) is 19.0. The lowest BCUT2D eigenvalue weighted by Gasteiger charge is -2.12. The van der Waals surface area contributed by atoms with Crippen molar-refractivity contribution in [1.82, 2.24) is 4.98 Å². The van der Waals surface area contributed by atoms with Crippen molar-refractivity contribution in [2.24, 2.45) is 0 Å². The zero-order valence-corrected chi connectivity index (χ0v) is 15.3. The van der Waals surface area contributed by atoms with Crippen LogP contribution in [0.25, 0.3) is 10.9 Å². The Labute approximate surface area is 160 Å². The molecule has 3 aromatic rings. The molecular weight excluding hydrogens is 364 g/mol. The fraction of sp³-hybridized carbons (Fsp3) is 0.150. The first-order valence-corrected chi connectivity index (χ1v) is 8.33. The van der Waals surface area contributed by atoms with Gasteiger partial charge in [0.1, 0.15) is 17.2 Å². The molecule has 0 spiro atoms. The highest BCUT2D eigenvalue weighted by Crippen LogP contribution is 2.28. The van der Waals surface area contributed by atoms with E-state index in [1.54, 1.807) is 42.5 Å². The quantitative estimate of drug-likeness (QED) is 0.634. The summed E-state index contributed by atoms with van der Waals surface area (Å²) in [6.45, 7) is -0.534. The molecule has 0 saturated heterocycles. The summed E-state index contributed by atoms with van der Waals surface area (Å²) in [4.78, 5) is 39.3. The number of nitrogens with one attached hydrogen (secondary N) is 2. The molecule has 0 aliphatic carbocycles. The second-order valence-electron chi connectivity index (χ2n) is 5.78. The van der Waals surface area contributed by atoms with E-state index < -0.39 is 18.5 Å². The molecule has 3 rings (SSSR count). The number of amides is 1. The molecular formula is C20H18N2O6. The van der Waals surface area contributed by atoms with E-state index in [-0.39, 0.29) is 11.1 Å². The fourth-order valence-electron chi connectivity index (χ4n) is 2.61. The smallest absolute Gasteiger partial charge is 0.355 e. The molecule has 2 N–H and O–H groups in total. The van der Waals surface area contributed by atoms with Gasteiger partial charge in [-0.05, 0) is 24.3 Å². The number of carbonyl (C=O) groups is 2. The zero-order valence-electron chi connectivity index (χ0n) is 15.3. The molecule has 0 unspecified atom stereocenters. The number of carbonyl (C=O) groups excluding carboxylic acids is 2. The van der Waals surface area contributed by atoms with Crippen LogP contribution >= 0.6 is 0 Å². The molecule has 0 fully saturated rings. The van der Waals surface area contributed by atoms with Crippen LogP contribution in [0.2, 0.25) is 0 Å². The summed E-state index contributed by atoms with van der Waals surface area (Å²) in [5.74, 6) is -0.417. The third-order valence-electron chi connectivity index (χ3n) is 3.97.